The summed E-state index contributed by atoms with van der Waals surface area (Å²) in [5.74, 6) is 0. The number of halogens is 2. The molecule has 7 heteroatoms. The zero-order valence-corrected chi connectivity index (χ0v) is 17.4. The average Bonchev–Trinajstić information content (AvgIpc) is 2.67. The fourth-order valence-electron chi connectivity index (χ4n) is 3.22. The highest BCUT2D eigenvalue weighted by atomic mass is 35.5. The lowest BCUT2D eigenvalue weighted by molar-refractivity contribution is 0.0342. The minimum absolute atomic E-state index is 0.225. The molecule has 2 N–H and O–H groups in total. The minimum atomic E-state index is -0.239. The maximum Gasteiger partial charge on any atom is 0.315 e. The summed E-state index contributed by atoms with van der Waals surface area (Å²) in [5.41, 5.74) is 3.13. The Morgan fingerprint density at radius 3 is 2.64 bits per heavy atom. The molecule has 0 bridgehead atoms. The van der Waals surface area contributed by atoms with Gasteiger partial charge in [0.1, 0.15) is 0 Å². The second-order valence-corrected chi connectivity index (χ2v) is 7.77. The summed E-state index contributed by atoms with van der Waals surface area (Å²) >= 11 is 12.1. The van der Waals surface area contributed by atoms with E-state index in [9.17, 15) is 4.79 Å². The van der Waals surface area contributed by atoms with Crippen molar-refractivity contribution in [2.75, 3.05) is 26.3 Å². The molecule has 28 heavy (non-hydrogen) atoms. The highest BCUT2D eigenvalue weighted by Gasteiger charge is 2.13. The van der Waals surface area contributed by atoms with Crippen LogP contribution >= 0.6 is 23.2 Å². The number of carbonyl (C=O) groups is 1. The number of nitrogens with one attached hydrogen (secondary N) is 2. The summed E-state index contributed by atoms with van der Waals surface area (Å²) in [6, 6.07) is 13.1. The molecule has 1 aliphatic heterocycles. The van der Waals surface area contributed by atoms with Crippen molar-refractivity contribution in [3.63, 3.8) is 0 Å². The summed E-state index contributed by atoms with van der Waals surface area (Å²) in [6.45, 7) is 6.73. The Kier molecular flexibility index (Phi) is 7.57. The van der Waals surface area contributed by atoms with Gasteiger partial charge in [0.15, 0.2) is 0 Å². The molecule has 1 aliphatic rings. The van der Waals surface area contributed by atoms with Gasteiger partial charge >= 0.3 is 6.03 Å². The molecule has 2 amide bonds. The van der Waals surface area contributed by atoms with Crippen LogP contribution in [0.5, 0.6) is 0 Å². The molecular weight excluding hydrogens is 397 g/mol. The number of urea groups is 1. The maximum atomic E-state index is 12.3. The SMILES string of the molecule is CC(NC(=O)NCc1cccc(CN2CCOCC2)c1)c1ccc(Cl)cc1Cl. The minimum Gasteiger partial charge on any atom is -0.379 e. The first-order chi connectivity index (χ1) is 13.5. The molecule has 1 atom stereocenters. The van der Waals surface area contributed by atoms with E-state index in [2.05, 4.69) is 27.7 Å². The predicted octanol–water partition coefficient (Wildman–Crippen LogP) is 4.39. The number of benzene rings is 2. The van der Waals surface area contributed by atoms with Gasteiger partial charge in [-0.2, -0.15) is 0 Å². The monoisotopic (exact) mass is 421 g/mol. The molecule has 0 aromatic heterocycles. The van der Waals surface area contributed by atoms with Crippen LogP contribution in [0.3, 0.4) is 0 Å². The summed E-state index contributed by atoms with van der Waals surface area (Å²) in [6.07, 6.45) is 0. The van der Waals surface area contributed by atoms with Crippen molar-refractivity contribution in [2.45, 2.75) is 26.1 Å². The Morgan fingerprint density at radius 2 is 1.89 bits per heavy atom. The Hall–Kier alpha value is -1.79. The molecule has 1 fully saturated rings. The molecule has 0 spiro atoms. The van der Waals surface area contributed by atoms with E-state index in [-0.39, 0.29) is 12.1 Å². The molecule has 5 nitrogen and oxygen atoms in total. The zero-order chi connectivity index (χ0) is 19.9. The summed E-state index contributed by atoms with van der Waals surface area (Å²) in [7, 11) is 0. The van der Waals surface area contributed by atoms with Crippen LogP contribution in [0.15, 0.2) is 42.5 Å². The average molecular weight is 422 g/mol. The number of carbonyl (C=O) groups excluding carboxylic acids is 1. The van der Waals surface area contributed by atoms with Crippen molar-refractivity contribution in [3.8, 4) is 0 Å². The van der Waals surface area contributed by atoms with Crippen molar-refractivity contribution in [3.05, 3.63) is 69.2 Å². The van der Waals surface area contributed by atoms with Crippen LogP contribution in [0, 0.1) is 0 Å². The number of hydrogen-bond donors (Lipinski definition) is 2. The third-order valence-corrected chi connectivity index (χ3v) is 5.29. The van der Waals surface area contributed by atoms with E-state index in [0.717, 1.165) is 44.0 Å². The van der Waals surface area contributed by atoms with E-state index in [4.69, 9.17) is 27.9 Å². The molecule has 2 aromatic rings. The number of morpholine rings is 1. The van der Waals surface area contributed by atoms with Crippen LogP contribution in [0.1, 0.15) is 29.7 Å². The van der Waals surface area contributed by atoms with Crippen LogP contribution in [-0.4, -0.2) is 37.2 Å². The largest absolute Gasteiger partial charge is 0.379 e. The molecule has 1 heterocycles. The summed E-state index contributed by atoms with van der Waals surface area (Å²) in [5, 5.41) is 6.93. The van der Waals surface area contributed by atoms with E-state index in [1.165, 1.54) is 5.56 Å². The van der Waals surface area contributed by atoms with E-state index in [0.29, 0.717) is 16.6 Å². The van der Waals surface area contributed by atoms with Gasteiger partial charge in [0.25, 0.3) is 0 Å². The van der Waals surface area contributed by atoms with Gasteiger partial charge < -0.3 is 15.4 Å². The summed E-state index contributed by atoms with van der Waals surface area (Å²) < 4.78 is 5.39. The Morgan fingerprint density at radius 1 is 1.14 bits per heavy atom. The fraction of sp³-hybridized carbons (Fsp3) is 0.381. The molecule has 2 aromatic carbocycles. The van der Waals surface area contributed by atoms with E-state index < -0.39 is 0 Å². The lowest BCUT2D eigenvalue weighted by atomic mass is 10.1. The molecular formula is C21H25Cl2N3O2. The second-order valence-electron chi connectivity index (χ2n) is 6.92. The van der Waals surface area contributed by atoms with Crippen LogP contribution in [0.2, 0.25) is 10.0 Å². The highest BCUT2D eigenvalue weighted by Crippen LogP contribution is 2.26. The van der Waals surface area contributed by atoms with Crippen LogP contribution in [-0.2, 0) is 17.8 Å². The van der Waals surface area contributed by atoms with Gasteiger partial charge in [0.2, 0.25) is 0 Å². The maximum absolute atomic E-state index is 12.3. The Bertz CT molecular complexity index is 810. The quantitative estimate of drug-likeness (QED) is 0.726. The van der Waals surface area contributed by atoms with Gasteiger partial charge in [0.05, 0.1) is 19.3 Å². The number of nitrogens with zero attached hydrogens (tertiary/aromatic N) is 1. The smallest absolute Gasteiger partial charge is 0.315 e. The zero-order valence-electron chi connectivity index (χ0n) is 15.9. The normalized spacial score (nSPS) is 15.8. The predicted molar refractivity (Wildman–Crippen MR) is 113 cm³/mol. The molecule has 3 rings (SSSR count). The lowest BCUT2D eigenvalue weighted by Gasteiger charge is -2.26. The number of rotatable bonds is 6. The standard InChI is InChI=1S/C21H25Cl2N3O2/c1-15(19-6-5-18(22)12-20(19)23)25-21(27)24-13-16-3-2-4-17(11-16)14-26-7-9-28-10-8-26/h2-6,11-12,15H,7-10,13-14H2,1H3,(H2,24,25,27). The summed E-state index contributed by atoms with van der Waals surface area (Å²) in [4.78, 5) is 14.6. The van der Waals surface area contributed by atoms with Crippen LogP contribution in [0.25, 0.3) is 0 Å². The molecule has 0 radical (unpaired) electrons. The number of ether oxygens (including phenoxy) is 1. The number of hydrogen-bond acceptors (Lipinski definition) is 3. The first-order valence-corrected chi connectivity index (χ1v) is 10.1. The van der Waals surface area contributed by atoms with Gasteiger partial charge in [-0.1, -0.05) is 53.5 Å². The van der Waals surface area contributed by atoms with E-state index in [1.807, 2.05) is 25.1 Å². The van der Waals surface area contributed by atoms with Crippen LogP contribution < -0.4 is 10.6 Å². The van der Waals surface area contributed by atoms with Crippen molar-refractivity contribution in [1.29, 1.82) is 0 Å². The third-order valence-electron chi connectivity index (χ3n) is 4.73. The molecule has 150 valence electrons. The molecule has 0 aliphatic carbocycles. The van der Waals surface area contributed by atoms with Gasteiger partial charge in [-0.05, 0) is 35.7 Å². The second kappa shape index (κ2) is 10.1. The first kappa shape index (κ1) is 20.9. The topological polar surface area (TPSA) is 53.6 Å². The molecule has 0 saturated carbocycles. The first-order valence-electron chi connectivity index (χ1n) is 9.38. The van der Waals surface area contributed by atoms with Gasteiger partial charge in [-0.25, -0.2) is 4.79 Å². The van der Waals surface area contributed by atoms with E-state index >= 15 is 0 Å². The molecule has 1 unspecified atom stereocenters. The molecule has 1 saturated heterocycles. The van der Waals surface area contributed by atoms with Crippen molar-refractivity contribution < 1.29 is 9.53 Å². The van der Waals surface area contributed by atoms with Crippen LogP contribution in [0.4, 0.5) is 4.79 Å². The van der Waals surface area contributed by atoms with Crippen molar-refractivity contribution >= 4 is 29.2 Å². The van der Waals surface area contributed by atoms with Crippen molar-refractivity contribution in [2.24, 2.45) is 0 Å². The third kappa shape index (κ3) is 6.11. The fourth-order valence-corrected chi connectivity index (χ4v) is 3.79. The Labute approximate surface area is 176 Å². The van der Waals surface area contributed by atoms with Crippen molar-refractivity contribution in [1.82, 2.24) is 15.5 Å². The highest BCUT2D eigenvalue weighted by molar-refractivity contribution is 6.35. The lowest BCUT2D eigenvalue weighted by Crippen LogP contribution is -2.37. The van der Waals surface area contributed by atoms with Gasteiger partial charge in [0, 0.05) is 36.2 Å². The number of amides is 2. The van der Waals surface area contributed by atoms with Gasteiger partial charge in [-0.3, -0.25) is 4.90 Å². The van der Waals surface area contributed by atoms with E-state index in [1.54, 1.807) is 12.1 Å². The Balaban J connectivity index is 1.50. The van der Waals surface area contributed by atoms with Gasteiger partial charge in [-0.15, -0.1) is 0 Å².